The second-order valence-electron chi connectivity index (χ2n) is 6.06. The molecule has 2 aromatic carbocycles. The summed E-state index contributed by atoms with van der Waals surface area (Å²) >= 11 is 0. The number of rotatable bonds is 3. The number of hydrogen-bond donors (Lipinski definition) is 2. The first-order valence-electron chi connectivity index (χ1n) is 8.09. The van der Waals surface area contributed by atoms with Crippen LogP contribution in [0.3, 0.4) is 0 Å². The lowest BCUT2D eigenvalue weighted by Crippen LogP contribution is -1.99. The van der Waals surface area contributed by atoms with Crippen LogP contribution in [0, 0.1) is 13.8 Å². The summed E-state index contributed by atoms with van der Waals surface area (Å²) in [4.78, 5) is 8.95. The van der Waals surface area contributed by atoms with Gasteiger partial charge in [-0.2, -0.15) is 0 Å². The van der Waals surface area contributed by atoms with E-state index in [1.807, 2.05) is 28.8 Å². The molecular formula is C20H18N4O. The summed E-state index contributed by atoms with van der Waals surface area (Å²) in [7, 11) is 0. The van der Waals surface area contributed by atoms with E-state index in [0.717, 1.165) is 17.1 Å². The van der Waals surface area contributed by atoms with E-state index in [2.05, 4.69) is 47.3 Å². The van der Waals surface area contributed by atoms with Crippen LogP contribution >= 0.6 is 0 Å². The van der Waals surface area contributed by atoms with Gasteiger partial charge in [0.2, 0.25) is 5.78 Å². The molecule has 0 bridgehead atoms. The number of imidazole rings is 1. The molecule has 0 fully saturated rings. The van der Waals surface area contributed by atoms with Gasteiger partial charge in [0.05, 0.1) is 0 Å². The maximum atomic E-state index is 10.3. The molecule has 2 aromatic heterocycles. The van der Waals surface area contributed by atoms with Gasteiger partial charge in [0.15, 0.2) is 0 Å². The maximum absolute atomic E-state index is 10.3. The van der Waals surface area contributed by atoms with Crippen molar-refractivity contribution in [3.05, 3.63) is 72.1 Å². The third-order valence-electron chi connectivity index (χ3n) is 4.21. The molecule has 5 heteroatoms. The van der Waals surface area contributed by atoms with Crippen LogP contribution in [-0.4, -0.2) is 19.5 Å². The Morgan fingerprint density at radius 1 is 1.04 bits per heavy atom. The molecule has 0 radical (unpaired) electrons. The van der Waals surface area contributed by atoms with Gasteiger partial charge < -0.3 is 10.4 Å². The van der Waals surface area contributed by atoms with E-state index in [1.165, 1.54) is 5.56 Å². The summed E-state index contributed by atoms with van der Waals surface area (Å²) < 4.78 is 1.89. The molecular weight excluding hydrogens is 312 g/mol. The van der Waals surface area contributed by atoms with Gasteiger partial charge in [-0.05, 0) is 49.2 Å². The zero-order chi connectivity index (χ0) is 17.4. The van der Waals surface area contributed by atoms with Gasteiger partial charge in [0, 0.05) is 23.6 Å². The van der Waals surface area contributed by atoms with Crippen molar-refractivity contribution in [1.82, 2.24) is 14.4 Å². The van der Waals surface area contributed by atoms with E-state index in [0.29, 0.717) is 17.0 Å². The zero-order valence-electron chi connectivity index (χ0n) is 14.1. The van der Waals surface area contributed by atoms with Crippen LogP contribution < -0.4 is 5.32 Å². The van der Waals surface area contributed by atoms with E-state index >= 15 is 0 Å². The van der Waals surface area contributed by atoms with Crippen molar-refractivity contribution >= 4 is 17.3 Å². The van der Waals surface area contributed by atoms with Crippen LogP contribution in [0.4, 0.5) is 11.5 Å². The molecule has 0 aliphatic carbocycles. The van der Waals surface area contributed by atoms with Crippen molar-refractivity contribution in [3.63, 3.8) is 0 Å². The Kier molecular flexibility index (Phi) is 3.61. The molecule has 4 rings (SSSR count). The molecule has 2 N–H and O–H groups in total. The molecule has 0 unspecified atom stereocenters. The Morgan fingerprint density at radius 2 is 1.88 bits per heavy atom. The van der Waals surface area contributed by atoms with Crippen LogP contribution in [-0.2, 0) is 0 Å². The number of phenolic OH excluding ortho intramolecular Hbond substituents is 1. The summed E-state index contributed by atoms with van der Waals surface area (Å²) in [6.07, 6.45) is 3.62. The fourth-order valence-corrected chi connectivity index (χ4v) is 2.87. The highest BCUT2D eigenvalue weighted by molar-refractivity contribution is 5.82. The third-order valence-corrected chi connectivity index (χ3v) is 4.21. The van der Waals surface area contributed by atoms with Gasteiger partial charge in [-0.25, -0.2) is 9.97 Å². The largest absolute Gasteiger partial charge is 0.507 e. The molecule has 0 amide bonds. The van der Waals surface area contributed by atoms with Gasteiger partial charge >= 0.3 is 0 Å². The topological polar surface area (TPSA) is 62.5 Å². The number of benzene rings is 2. The predicted molar refractivity (Wildman–Crippen MR) is 99.3 cm³/mol. The Hall–Kier alpha value is -3.34. The number of aromatic nitrogens is 3. The SMILES string of the molecule is Cc1ccc(C)c(Nc2c(-c3ccccc3O)nc3ncccn23)c1. The molecule has 2 heterocycles. The summed E-state index contributed by atoms with van der Waals surface area (Å²) in [5.74, 6) is 1.54. The predicted octanol–water partition coefficient (Wildman–Crippen LogP) is 4.46. The van der Waals surface area contributed by atoms with Crippen molar-refractivity contribution in [2.24, 2.45) is 0 Å². The van der Waals surface area contributed by atoms with Gasteiger partial charge in [-0.1, -0.05) is 24.3 Å². The lowest BCUT2D eigenvalue weighted by atomic mass is 10.1. The Bertz CT molecular complexity index is 1070. The van der Waals surface area contributed by atoms with Gasteiger partial charge in [0.25, 0.3) is 0 Å². The van der Waals surface area contributed by atoms with Crippen LogP contribution in [0.15, 0.2) is 60.9 Å². The summed E-state index contributed by atoms with van der Waals surface area (Å²) in [6.45, 7) is 4.12. The van der Waals surface area contributed by atoms with E-state index in [-0.39, 0.29) is 5.75 Å². The number of para-hydroxylation sites is 1. The number of fused-ring (bicyclic) bond motifs is 1. The first kappa shape index (κ1) is 15.2. The van der Waals surface area contributed by atoms with E-state index in [9.17, 15) is 5.11 Å². The van der Waals surface area contributed by atoms with Crippen molar-refractivity contribution in [1.29, 1.82) is 0 Å². The molecule has 0 saturated carbocycles. The summed E-state index contributed by atoms with van der Waals surface area (Å²) in [5, 5.41) is 13.8. The van der Waals surface area contributed by atoms with Crippen molar-refractivity contribution < 1.29 is 5.11 Å². The van der Waals surface area contributed by atoms with E-state index < -0.39 is 0 Å². The highest BCUT2D eigenvalue weighted by Gasteiger charge is 2.18. The fraction of sp³-hybridized carbons (Fsp3) is 0.100. The molecule has 0 spiro atoms. The van der Waals surface area contributed by atoms with Crippen LogP contribution in [0.5, 0.6) is 5.75 Å². The fourth-order valence-electron chi connectivity index (χ4n) is 2.87. The first-order chi connectivity index (χ1) is 12.1. The number of nitrogens with zero attached hydrogens (tertiary/aromatic N) is 3. The quantitative estimate of drug-likeness (QED) is 0.582. The van der Waals surface area contributed by atoms with Crippen LogP contribution in [0.1, 0.15) is 11.1 Å². The standard InChI is InChI=1S/C20H18N4O/c1-13-8-9-14(2)16(12-13)22-19-18(15-6-3-4-7-17(15)25)23-20-21-10-5-11-24(19)20/h3-12,22,25H,1-2H3. The second-order valence-corrected chi connectivity index (χ2v) is 6.06. The highest BCUT2D eigenvalue weighted by Crippen LogP contribution is 2.36. The molecule has 25 heavy (non-hydrogen) atoms. The molecule has 0 saturated heterocycles. The van der Waals surface area contributed by atoms with Gasteiger partial charge in [-0.3, -0.25) is 4.40 Å². The Morgan fingerprint density at radius 3 is 2.72 bits per heavy atom. The molecule has 0 aliphatic heterocycles. The number of anilines is 2. The van der Waals surface area contributed by atoms with Gasteiger partial charge in [0.1, 0.15) is 17.3 Å². The third kappa shape index (κ3) is 2.70. The monoisotopic (exact) mass is 330 g/mol. The molecule has 5 nitrogen and oxygen atoms in total. The number of phenols is 1. The molecule has 0 aliphatic rings. The lowest BCUT2D eigenvalue weighted by Gasteiger charge is -2.12. The minimum atomic E-state index is 0.190. The van der Waals surface area contributed by atoms with E-state index in [4.69, 9.17) is 0 Å². The summed E-state index contributed by atoms with van der Waals surface area (Å²) in [5.41, 5.74) is 4.64. The number of aryl methyl sites for hydroxylation is 2. The minimum Gasteiger partial charge on any atom is -0.507 e. The smallest absolute Gasteiger partial charge is 0.235 e. The van der Waals surface area contributed by atoms with Crippen LogP contribution in [0.2, 0.25) is 0 Å². The minimum absolute atomic E-state index is 0.190. The van der Waals surface area contributed by atoms with Crippen LogP contribution in [0.25, 0.3) is 17.0 Å². The number of hydrogen-bond acceptors (Lipinski definition) is 4. The first-order valence-corrected chi connectivity index (χ1v) is 8.09. The highest BCUT2D eigenvalue weighted by atomic mass is 16.3. The molecule has 124 valence electrons. The average Bonchev–Trinajstić information content (AvgIpc) is 2.97. The van der Waals surface area contributed by atoms with Crippen molar-refractivity contribution in [2.75, 3.05) is 5.32 Å². The normalized spacial score (nSPS) is 11.0. The lowest BCUT2D eigenvalue weighted by molar-refractivity contribution is 0.477. The average molecular weight is 330 g/mol. The molecule has 4 aromatic rings. The number of aromatic hydroxyl groups is 1. The van der Waals surface area contributed by atoms with E-state index in [1.54, 1.807) is 18.3 Å². The molecule has 0 atom stereocenters. The summed E-state index contributed by atoms with van der Waals surface area (Å²) in [6, 6.07) is 15.3. The van der Waals surface area contributed by atoms with Crippen molar-refractivity contribution in [2.45, 2.75) is 13.8 Å². The zero-order valence-corrected chi connectivity index (χ0v) is 14.1. The number of nitrogens with one attached hydrogen (secondary N) is 1. The Labute approximate surface area is 145 Å². The Balaban J connectivity index is 1.94. The van der Waals surface area contributed by atoms with Crippen molar-refractivity contribution in [3.8, 4) is 17.0 Å². The van der Waals surface area contributed by atoms with Gasteiger partial charge in [-0.15, -0.1) is 0 Å². The second kappa shape index (κ2) is 5.94. The maximum Gasteiger partial charge on any atom is 0.235 e.